The number of carbonyl (C=O) groups is 1. The smallest absolute Gasteiger partial charge is 0.335 e. The van der Waals surface area contributed by atoms with Crippen molar-refractivity contribution in [2.45, 2.75) is 13.1 Å². The normalized spacial score (nSPS) is 14.6. The number of nitrogens with one attached hydrogen (secondary N) is 1. The van der Waals surface area contributed by atoms with Crippen molar-refractivity contribution in [1.82, 2.24) is 10.3 Å². The summed E-state index contributed by atoms with van der Waals surface area (Å²) in [6.07, 6.45) is 1.81. The van der Waals surface area contributed by atoms with Crippen molar-refractivity contribution in [3.8, 4) is 0 Å². The van der Waals surface area contributed by atoms with Crippen molar-refractivity contribution in [3.05, 3.63) is 59.3 Å². The minimum atomic E-state index is -0.904. The van der Waals surface area contributed by atoms with Crippen molar-refractivity contribution in [3.63, 3.8) is 0 Å². The van der Waals surface area contributed by atoms with E-state index in [1.165, 1.54) is 0 Å². The number of hydrogen-bond donors (Lipinski definition) is 2. The van der Waals surface area contributed by atoms with Crippen molar-refractivity contribution in [2.75, 3.05) is 31.2 Å². The van der Waals surface area contributed by atoms with E-state index in [4.69, 9.17) is 9.84 Å². The number of ether oxygens (including phenoxy) is 1. The minimum absolute atomic E-state index is 0.310. The molecule has 2 N–H and O–H groups in total. The van der Waals surface area contributed by atoms with Crippen molar-refractivity contribution >= 4 is 11.8 Å². The first-order chi connectivity index (χ1) is 11.7. The number of carboxylic acids is 1. The maximum absolute atomic E-state index is 11.0. The Hall–Kier alpha value is -2.44. The second-order valence-electron chi connectivity index (χ2n) is 5.69. The van der Waals surface area contributed by atoms with Gasteiger partial charge in [-0.1, -0.05) is 18.2 Å². The highest BCUT2D eigenvalue weighted by Gasteiger charge is 2.15. The summed E-state index contributed by atoms with van der Waals surface area (Å²) in [6.45, 7) is 4.45. The van der Waals surface area contributed by atoms with Crippen LogP contribution >= 0.6 is 0 Å². The summed E-state index contributed by atoms with van der Waals surface area (Å²) in [5.74, 6) is 0.0892. The fraction of sp³-hybridized carbons (Fsp3) is 0.333. The molecule has 2 heterocycles. The lowest BCUT2D eigenvalue weighted by Gasteiger charge is -2.29. The molecule has 6 nitrogen and oxygen atoms in total. The van der Waals surface area contributed by atoms with E-state index in [1.807, 2.05) is 18.3 Å². The summed E-state index contributed by atoms with van der Waals surface area (Å²) in [7, 11) is 0. The van der Waals surface area contributed by atoms with Gasteiger partial charge in [0, 0.05) is 37.9 Å². The Morgan fingerprint density at radius 3 is 2.83 bits per heavy atom. The second kappa shape index (κ2) is 7.90. The molecule has 1 aromatic heterocycles. The van der Waals surface area contributed by atoms with Crippen LogP contribution < -0.4 is 10.2 Å². The predicted molar refractivity (Wildman–Crippen MR) is 91.2 cm³/mol. The van der Waals surface area contributed by atoms with Crippen LogP contribution in [0.5, 0.6) is 0 Å². The van der Waals surface area contributed by atoms with Gasteiger partial charge in [-0.3, -0.25) is 0 Å². The lowest BCUT2D eigenvalue weighted by atomic mass is 10.1. The lowest BCUT2D eigenvalue weighted by molar-refractivity contribution is 0.0696. The zero-order valence-electron chi connectivity index (χ0n) is 13.4. The quantitative estimate of drug-likeness (QED) is 0.844. The molecule has 3 rings (SSSR count). The molecule has 0 atom stereocenters. The number of nitrogens with zero attached hydrogens (tertiary/aromatic N) is 2. The molecule has 1 aliphatic rings. The second-order valence-corrected chi connectivity index (χ2v) is 5.69. The molecule has 24 heavy (non-hydrogen) atoms. The summed E-state index contributed by atoms with van der Waals surface area (Å²) in [4.78, 5) is 17.8. The third kappa shape index (κ3) is 4.10. The number of hydrogen-bond acceptors (Lipinski definition) is 5. The lowest BCUT2D eigenvalue weighted by Crippen LogP contribution is -2.37. The van der Waals surface area contributed by atoms with Crippen LogP contribution in [0.4, 0.5) is 5.82 Å². The van der Waals surface area contributed by atoms with Gasteiger partial charge in [0.05, 0.1) is 18.8 Å². The van der Waals surface area contributed by atoms with Crippen LogP contribution in [0, 0.1) is 0 Å². The molecule has 1 fully saturated rings. The first kappa shape index (κ1) is 16.4. The standard InChI is InChI=1S/C18H21N3O3/c22-18(23)15-4-1-3-14(11-15)12-19-13-16-5-2-6-20-17(16)21-7-9-24-10-8-21/h1-6,11,19H,7-10,12-13H2,(H,22,23). The first-order valence-corrected chi connectivity index (χ1v) is 8.03. The molecule has 126 valence electrons. The van der Waals surface area contributed by atoms with Crippen LogP contribution in [0.25, 0.3) is 0 Å². The van der Waals surface area contributed by atoms with Crippen LogP contribution in [-0.4, -0.2) is 42.4 Å². The monoisotopic (exact) mass is 327 g/mol. The molecule has 0 unspecified atom stereocenters. The highest BCUT2D eigenvalue weighted by molar-refractivity contribution is 5.87. The number of rotatable bonds is 6. The topological polar surface area (TPSA) is 74.7 Å². The Morgan fingerprint density at radius 1 is 1.21 bits per heavy atom. The highest BCUT2D eigenvalue weighted by atomic mass is 16.5. The van der Waals surface area contributed by atoms with Crippen LogP contribution in [0.15, 0.2) is 42.6 Å². The Morgan fingerprint density at radius 2 is 2.04 bits per heavy atom. The fourth-order valence-corrected chi connectivity index (χ4v) is 2.78. The third-order valence-corrected chi connectivity index (χ3v) is 4.00. The summed E-state index contributed by atoms with van der Waals surface area (Å²) < 4.78 is 5.40. The van der Waals surface area contributed by atoms with E-state index in [2.05, 4.69) is 21.3 Å². The Balaban J connectivity index is 1.62. The third-order valence-electron chi connectivity index (χ3n) is 4.00. The molecule has 1 aliphatic heterocycles. The molecular formula is C18H21N3O3. The van der Waals surface area contributed by atoms with Gasteiger partial charge in [-0.05, 0) is 23.8 Å². The number of anilines is 1. The molecule has 0 bridgehead atoms. The van der Waals surface area contributed by atoms with Gasteiger partial charge in [-0.15, -0.1) is 0 Å². The summed E-state index contributed by atoms with van der Waals surface area (Å²) >= 11 is 0. The predicted octanol–water partition coefficient (Wildman–Crippen LogP) is 1.91. The van der Waals surface area contributed by atoms with Crippen molar-refractivity contribution < 1.29 is 14.6 Å². The number of pyridine rings is 1. The number of aromatic carboxylic acids is 1. The van der Waals surface area contributed by atoms with E-state index in [0.717, 1.165) is 43.2 Å². The van der Waals surface area contributed by atoms with Gasteiger partial charge in [0.1, 0.15) is 5.82 Å². The molecule has 1 aromatic carbocycles. The van der Waals surface area contributed by atoms with E-state index in [-0.39, 0.29) is 0 Å². The van der Waals surface area contributed by atoms with Gasteiger partial charge in [-0.2, -0.15) is 0 Å². The van der Waals surface area contributed by atoms with Gasteiger partial charge in [0.15, 0.2) is 0 Å². The van der Waals surface area contributed by atoms with Crippen LogP contribution in [0.2, 0.25) is 0 Å². The Kier molecular flexibility index (Phi) is 5.40. The van der Waals surface area contributed by atoms with E-state index in [1.54, 1.807) is 18.2 Å². The Labute approximate surface area is 141 Å². The van der Waals surface area contributed by atoms with Gasteiger partial charge in [0.25, 0.3) is 0 Å². The number of morpholine rings is 1. The molecule has 1 saturated heterocycles. The van der Waals surface area contributed by atoms with Gasteiger partial charge in [0.2, 0.25) is 0 Å². The first-order valence-electron chi connectivity index (χ1n) is 8.03. The number of benzene rings is 1. The molecule has 2 aromatic rings. The van der Waals surface area contributed by atoms with Gasteiger partial charge in [-0.25, -0.2) is 9.78 Å². The zero-order valence-corrected chi connectivity index (χ0v) is 13.4. The molecule has 0 aliphatic carbocycles. The summed E-state index contributed by atoms with van der Waals surface area (Å²) in [5, 5.41) is 12.4. The van der Waals surface area contributed by atoms with E-state index in [0.29, 0.717) is 18.7 Å². The number of aromatic nitrogens is 1. The van der Waals surface area contributed by atoms with Crippen LogP contribution in [-0.2, 0) is 17.8 Å². The van der Waals surface area contributed by atoms with E-state index < -0.39 is 5.97 Å². The van der Waals surface area contributed by atoms with E-state index in [9.17, 15) is 4.79 Å². The van der Waals surface area contributed by atoms with E-state index >= 15 is 0 Å². The van der Waals surface area contributed by atoms with Gasteiger partial charge < -0.3 is 20.1 Å². The van der Waals surface area contributed by atoms with Crippen LogP contribution in [0.1, 0.15) is 21.5 Å². The highest BCUT2D eigenvalue weighted by Crippen LogP contribution is 2.18. The molecule has 0 radical (unpaired) electrons. The molecule has 6 heteroatoms. The van der Waals surface area contributed by atoms with Crippen LogP contribution in [0.3, 0.4) is 0 Å². The minimum Gasteiger partial charge on any atom is -0.478 e. The molecule has 0 spiro atoms. The SMILES string of the molecule is O=C(O)c1cccc(CNCc2cccnc2N2CCOCC2)c1. The number of carboxylic acid groups (broad SMARTS) is 1. The largest absolute Gasteiger partial charge is 0.478 e. The average molecular weight is 327 g/mol. The van der Waals surface area contributed by atoms with Gasteiger partial charge >= 0.3 is 5.97 Å². The Bertz CT molecular complexity index is 699. The summed E-state index contributed by atoms with van der Waals surface area (Å²) in [5.41, 5.74) is 2.39. The molecule has 0 amide bonds. The fourth-order valence-electron chi connectivity index (χ4n) is 2.78. The summed E-state index contributed by atoms with van der Waals surface area (Å²) in [6, 6.07) is 11.0. The zero-order chi connectivity index (χ0) is 16.8. The average Bonchev–Trinajstić information content (AvgIpc) is 2.63. The maximum Gasteiger partial charge on any atom is 0.335 e. The van der Waals surface area contributed by atoms with Crippen molar-refractivity contribution in [1.29, 1.82) is 0 Å². The molecule has 0 saturated carbocycles. The maximum atomic E-state index is 11.0. The molecular weight excluding hydrogens is 306 g/mol. The van der Waals surface area contributed by atoms with Crippen molar-refractivity contribution in [2.24, 2.45) is 0 Å².